The molecule has 2 N–H and O–H groups in total. The molecular formula is C19H18ClN3O2. The first-order chi connectivity index (χ1) is 12.2. The molecule has 0 spiro atoms. The van der Waals surface area contributed by atoms with Crippen molar-refractivity contribution in [3.8, 4) is 11.3 Å². The lowest BCUT2D eigenvalue weighted by Crippen LogP contribution is -2.36. The van der Waals surface area contributed by atoms with E-state index in [0.29, 0.717) is 30.3 Å². The van der Waals surface area contributed by atoms with E-state index in [1.807, 2.05) is 48.5 Å². The average molecular weight is 356 g/mol. The Morgan fingerprint density at radius 1 is 1.04 bits per heavy atom. The van der Waals surface area contributed by atoms with Crippen molar-refractivity contribution in [1.29, 1.82) is 0 Å². The van der Waals surface area contributed by atoms with Crippen LogP contribution >= 0.6 is 11.6 Å². The van der Waals surface area contributed by atoms with Crippen LogP contribution in [-0.4, -0.2) is 17.7 Å². The lowest BCUT2D eigenvalue weighted by atomic mass is 10.1. The number of rotatable bonds is 6. The van der Waals surface area contributed by atoms with E-state index in [1.54, 1.807) is 12.1 Å². The summed E-state index contributed by atoms with van der Waals surface area (Å²) in [6, 6.07) is 18.8. The fraction of sp³-hybridized carbons (Fsp3) is 0.158. The predicted octanol–water partition coefficient (Wildman–Crippen LogP) is 4.04. The van der Waals surface area contributed by atoms with Crippen LogP contribution in [0.5, 0.6) is 0 Å². The summed E-state index contributed by atoms with van der Waals surface area (Å²) in [5.74, 6) is 0.681. The molecule has 3 aromatic rings. The Morgan fingerprint density at radius 3 is 2.56 bits per heavy atom. The molecule has 3 rings (SSSR count). The molecule has 5 nitrogen and oxygen atoms in total. The maximum atomic E-state index is 11.8. The summed E-state index contributed by atoms with van der Waals surface area (Å²) < 4.78 is 5.33. The van der Waals surface area contributed by atoms with Crippen molar-refractivity contribution in [3.05, 3.63) is 76.9 Å². The van der Waals surface area contributed by atoms with Gasteiger partial charge in [0, 0.05) is 36.2 Å². The van der Waals surface area contributed by atoms with Gasteiger partial charge in [-0.25, -0.2) is 4.79 Å². The molecule has 0 aliphatic heterocycles. The number of aromatic nitrogens is 1. The molecule has 0 aliphatic carbocycles. The monoisotopic (exact) mass is 355 g/mol. The number of hydrogen-bond acceptors (Lipinski definition) is 3. The Kier molecular flexibility index (Phi) is 5.69. The number of carbonyl (C=O) groups excluding carboxylic acids is 1. The van der Waals surface area contributed by atoms with Gasteiger partial charge in [0.25, 0.3) is 0 Å². The SMILES string of the molecule is O=C(NCCc1cc(-c2ccc(Cl)cc2)on1)NCc1ccccc1. The van der Waals surface area contributed by atoms with E-state index in [9.17, 15) is 4.79 Å². The zero-order valence-corrected chi connectivity index (χ0v) is 14.3. The summed E-state index contributed by atoms with van der Waals surface area (Å²) in [5.41, 5.74) is 2.76. The first-order valence-corrected chi connectivity index (χ1v) is 8.35. The highest BCUT2D eigenvalue weighted by atomic mass is 35.5. The topological polar surface area (TPSA) is 67.2 Å². The highest BCUT2D eigenvalue weighted by Crippen LogP contribution is 2.22. The molecule has 6 heteroatoms. The Labute approximate surface area is 151 Å². The van der Waals surface area contributed by atoms with E-state index in [0.717, 1.165) is 16.8 Å². The van der Waals surface area contributed by atoms with Crippen LogP contribution in [0.2, 0.25) is 5.02 Å². The molecule has 0 aliphatic rings. The van der Waals surface area contributed by atoms with Crippen molar-refractivity contribution in [2.24, 2.45) is 0 Å². The van der Waals surface area contributed by atoms with Crippen LogP contribution < -0.4 is 10.6 Å². The standard InChI is InChI=1S/C19H18ClN3O2/c20-16-8-6-15(7-9-16)18-12-17(23-25-18)10-11-21-19(24)22-13-14-4-2-1-3-5-14/h1-9,12H,10-11,13H2,(H2,21,22,24). The molecular weight excluding hydrogens is 338 g/mol. The quantitative estimate of drug-likeness (QED) is 0.701. The van der Waals surface area contributed by atoms with Gasteiger partial charge in [0.15, 0.2) is 5.76 Å². The Bertz CT molecular complexity index is 816. The number of benzene rings is 2. The molecule has 128 valence electrons. The molecule has 2 aromatic carbocycles. The van der Waals surface area contributed by atoms with E-state index < -0.39 is 0 Å². The lowest BCUT2D eigenvalue weighted by Gasteiger charge is -2.06. The number of amides is 2. The maximum Gasteiger partial charge on any atom is 0.315 e. The van der Waals surface area contributed by atoms with Gasteiger partial charge in [0.1, 0.15) is 0 Å². The minimum absolute atomic E-state index is 0.203. The fourth-order valence-corrected chi connectivity index (χ4v) is 2.45. The normalized spacial score (nSPS) is 10.4. The van der Waals surface area contributed by atoms with Gasteiger partial charge in [0.2, 0.25) is 0 Å². The van der Waals surface area contributed by atoms with Gasteiger partial charge in [-0.2, -0.15) is 0 Å². The molecule has 0 saturated heterocycles. The Balaban J connectivity index is 1.43. The lowest BCUT2D eigenvalue weighted by molar-refractivity contribution is 0.240. The fourth-order valence-electron chi connectivity index (χ4n) is 2.32. The van der Waals surface area contributed by atoms with Crippen LogP contribution in [0.3, 0.4) is 0 Å². The number of carbonyl (C=O) groups is 1. The summed E-state index contributed by atoms with van der Waals surface area (Å²) in [4.78, 5) is 11.8. The minimum atomic E-state index is -0.203. The Morgan fingerprint density at radius 2 is 1.80 bits per heavy atom. The molecule has 0 saturated carbocycles. The zero-order chi connectivity index (χ0) is 17.5. The number of nitrogens with zero attached hydrogens (tertiary/aromatic N) is 1. The second kappa shape index (κ2) is 8.35. The van der Waals surface area contributed by atoms with Crippen molar-refractivity contribution in [2.75, 3.05) is 6.54 Å². The van der Waals surface area contributed by atoms with Crippen LogP contribution in [-0.2, 0) is 13.0 Å². The first kappa shape index (κ1) is 17.0. The van der Waals surface area contributed by atoms with Crippen LogP contribution in [0.25, 0.3) is 11.3 Å². The predicted molar refractivity (Wildman–Crippen MR) is 97.3 cm³/mol. The number of nitrogens with one attached hydrogen (secondary N) is 2. The van der Waals surface area contributed by atoms with E-state index in [-0.39, 0.29) is 6.03 Å². The molecule has 0 fully saturated rings. The summed E-state index contributed by atoms with van der Waals surface area (Å²) in [5, 5.41) is 10.3. The largest absolute Gasteiger partial charge is 0.356 e. The van der Waals surface area contributed by atoms with Gasteiger partial charge in [0.05, 0.1) is 5.69 Å². The van der Waals surface area contributed by atoms with E-state index in [4.69, 9.17) is 16.1 Å². The van der Waals surface area contributed by atoms with E-state index in [1.165, 1.54) is 0 Å². The van der Waals surface area contributed by atoms with Crippen molar-refractivity contribution in [2.45, 2.75) is 13.0 Å². The van der Waals surface area contributed by atoms with Crippen molar-refractivity contribution in [1.82, 2.24) is 15.8 Å². The van der Waals surface area contributed by atoms with E-state index in [2.05, 4.69) is 15.8 Å². The smallest absolute Gasteiger partial charge is 0.315 e. The third-order valence-corrected chi connectivity index (χ3v) is 3.90. The molecule has 0 atom stereocenters. The molecule has 0 bridgehead atoms. The molecule has 2 amide bonds. The van der Waals surface area contributed by atoms with Crippen LogP contribution in [0.4, 0.5) is 4.79 Å². The van der Waals surface area contributed by atoms with Gasteiger partial charge >= 0.3 is 6.03 Å². The van der Waals surface area contributed by atoms with E-state index >= 15 is 0 Å². The van der Waals surface area contributed by atoms with Gasteiger partial charge in [-0.15, -0.1) is 0 Å². The summed E-state index contributed by atoms with van der Waals surface area (Å²) in [6.45, 7) is 0.977. The van der Waals surface area contributed by atoms with Crippen LogP contribution in [0, 0.1) is 0 Å². The van der Waals surface area contributed by atoms with Gasteiger partial charge in [-0.05, 0) is 29.8 Å². The third kappa shape index (κ3) is 5.09. The zero-order valence-electron chi connectivity index (χ0n) is 13.5. The first-order valence-electron chi connectivity index (χ1n) is 7.98. The average Bonchev–Trinajstić information content (AvgIpc) is 3.10. The van der Waals surface area contributed by atoms with Crippen LogP contribution in [0.15, 0.2) is 65.2 Å². The van der Waals surface area contributed by atoms with Crippen molar-refractivity contribution in [3.63, 3.8) is 0 Å². The third-order valence-electron chi connectivity index (χ3n) is 3.65. The molecule has 0 unspecified atom stereocenters. The second-order valence-corrected chi connectivity index (χ2v) is 5.97. The van der Waals surface area contributed by atoms with Gasteiger partial charge in [-0.3, -0.25) is 0 Å². The summed E-state index contributed by atoms with van der Waals surface area (Å²) >= 11 is 5.87. The van der Waals surface area contributed by atoms with Crippen molar-refractivity contribution < 1.29 is 9.32 Å². The summed E-state index contributed by atoms with van der Waals surface area (Å²) in [7, 11) is 0. The molecule has 1 aromatic heterocycles. The molecule has 1 heterocycles. The van der Waals surface area contributed by atoms with Crippen LogP contribution in [0.1, 0.15) is 11.3 Å². The van der Waals surface area contributed by atoms with Gasteiger partial charge < -0.3 is 15.2 Å². The van der Waals surface area contributed by atoms with Gasteiger partial charge in [-0.1, -0.05) is 47.1 Å². The minimum Gasteiger partial charge on any atom is -0.356 e. The second-order valence-electron chi connectivity index (χ2n) is 5.53. The number of hydrogen-bond donors (Lipinski definition) is 2. The summed E-state index contributed by atoms with van der Waals surface area (Å²) in [6.07, 6.45) is 0.593. The molecule has 25 heavy (non-hydrogen) atoms. The number of urea groups is 1. The van der Waals surface area contributed by atoms with Crippen molar-refractivity contribution >= 4 is 17.6 Å². The highest BCUT2D eigenvalue weighted by Gasteiger charge is 2.07. The Hall–Kier alpha value is -2.79. The molecule has 0 radical (unpaired) electrons. The maximum absolute atomic E-state index is 11.8. The number of halogens is 1. The highest BCUT2D eigenvalue weighted by molar-refractivity contribution is 6.30.